The number of carbonyl (C=O) groups excluding carboxylic acids is 1. The number of hydrogen-bond donors (Lipinski definition) is 1. The van der Waals surface area contributed by atoms with E-state index in [1.807, 2.05) is 18.7 Å². The number of aryl methyl sites for hydroxylation is 1. The molecule has 5 nitrogen and oxygen atoms in total. The van der Waals surface area contributed by atoms with Crippen molar-refractivity contribution in [3.63, 3.8) is 0 Å². The molecule has 1 aromatic heterocycles. The highest BCUT2D eigenvalue weighted by atomic mass is 16.2. The molecule has 2 N–H and O–H groups in total. The van der Waals surface area contributed by atoms with Gasteiger partial charge in [-0.15, -0.1) is 0 Å². The second-order valence-corrected chi connectivity index (χ2v) is 5.67. The highest BCUT2D eigenvalue weighted by molar-refractivity contribution is 5.77. The van der Waals surface area contributed by atoms with Crippen molar-refractivity contribution < 1.29 is 4.79 Å². The molecule has 2 atom stereocenters. The van der Waals surface area contributed by atoms with E-state index in [-0.39, 0.29) is 5.91 Å². The molecule has 2 unspecified atom stereocenters. The molecule has 2 rings (SSSR count). The van der Waals surface area contributed by atoms with Gasteiger partial charge in [0.25, 0.3) is 0 Å². The van der Waals surface area contributed by atoms with Gasteiger partial charge >= 0.3 is 0 Å². The monoisotopic (exact) mass is 264 g/mol. The third-order valence-corrected chi connectivity index (χ3v) is 4.20. The third kappa shape index (κ3) is 2.60. The number of piperidine rings is 1. The van der Waals surface area contributed by atoms with Crippen LogP contribution in [0.3, 0.4) is 0 Å². The molecule has 0 bridgehead atoms. The van der Waals surface area contributed by atoms with Crippen LogP contribution in [0, 0.1) is 13.8 Å². The molecule has 19 heavy (non-hydrogen) atoms. The normalized spacial score (nSPS) is 23.7. The Balaban J connectivity index is 2.14. The maximum absolute atomic E-state index is 12.5. The number of nitrogens with zero attached hydrogens (tertiary/aromatic N) is 3. The molecule has 1 aliphatic rings. The first-order chi connectivity index (χ1) is 8.91. The van der Waals surface area contributed by atoms with Crippen LogP contribution in [-0.2, 0) is 11.3 Å². The Kier molecular flexibility index (Phi) is 3.83. The van der Waals surface area contributed by atoms with Gasteiger partial charge in [0.05, 0.1) is 17.1 Å². The molecule has 5 heteroatoms. The van der Waals surface area contributed by atoms with Crippen molar-refractivity contribution in [1.82, 2.24) is 14.7 Å². The lowest BCUT2D eigenvalue weighted by Gasteiger charge is -2.39. The lowest BCUT2D eigenvalue weighted by molar-refractivity contribution is -0.138. The molecule has 1 aromatic rings. The Bertz CT molecular complexity index is 470. The van der Waals surface area contributed by atoms with Crippen LogP contribution in [-0.4, -0.2) is 32.7 Å². The van der Waals surface area contributed by atoms with E-state index >= 15 is 0 Å². The summed E-state index contributed by atoms with van der Waals surface area (Å²) >= 11 is 0. The maximum Gasteiger partial charge on any atom is 0.244 e. The molecule has 2 heterocycles. The Hall–Kier alpha value is -1.52. The molecular formula is C14H24N4O. The summed E-state index contributed by atoms with van der Waals surface area (Å²) in [7, 11) is 0. The Morgan fingerprint density at radius 2 is 1.89 bits per heavy atom. The summed E-state index contributed by atoms with van der Waals surface area (Å²) < 4.78 is 1.72. The van der Waals surface area contributed by atoms with Gasteiger partial charge < -0.3 is 10.6 Å². The number of carbonyl (C=O) groups is 1. The second-order valence-electron chi connectivity index (χ2n) is 5.67. The van der Waals surface area contributed by atoms with E-state index in [0.29, 0.717) is 24.3 Å². The summed E-state index contributed by atoms with van der Waals surface area (Å²) in [4.78, 5) is 14.5. The molecular weight excluding hydrogens is 240 g/mol. The number of likely N-dealkylation sites (tertiary alicyclic amines) is 1. The first kappa shape index (κ1) is 13.9. The van der Waals surface area contributed by atoms with Crippen LogP contribution in [0.2, 0.25) is 0 Å². The minimum absolute atomic E-state index is 0.144. The first-order valence-electron chi connectivity index (χ1n) is 7.02. The molecule has 1 fully saturated rings. The van der Waals surface area contributed by atoms with Gasteiger partial charge in [0.1, 0.15) is 6.54 Å². The van der Waals surface area contributed by atoms with Crippen molar-refractivity contribution in [2.45, 2.75) is 65.6 Å². The van der Waals surface area contributed by atoms with Gasteiger partial charge in [0.15, 0.2) is 0 Å². The van der Waals surface area contributed by atoms with Crippen LogP contribution in [0.4, 0.5) is 5.69 Å². The highest BCUT2D eigenvalue weighted by Crippen LogP contribution is 2.23. The zero-order valence-corrected chi connectivity index (χ0v) is 12.3. The number of nitrogen functional groups attached to an aromatic ring is 1. The van der Waals surface area contributed by atoms with Crippen molar-refractivity contribution >= 4 is 11.6 Å². The molecule has 106 valence electrons. The molecule has 0 saturated carbocycles. The number of nitrogens with two attached hydrogens (primary N) is 1. The van der Waals surface area contributed by atoms with Gasteiger partial charge in [0.2, 0.25) is 5.91 Å². The summed E-state index contributed by atoms with van der Waals surface area (Å²) in [5, 5.41) is 4.34. The van der Waals surface area contributed by atoms with E-state index in [1.165, 1.54) is 6.42 Å². The Morgan fingerprint density at radius 3 is 2.37 bits per heavy atom. The quantitative estimate of drug-likeness (QED) is 0.887. The lowest BCUT2D eigenvalue weighted by atomic mass is 9.97. The topological polar surface area (TPSA) is 64.2 Å². The van der Waals surface area contributed by atoms with Crippen LogP contribution in [0.25, 0.3) is 0 Å². The van der Waals surface area contributed by atoms with E-state index < -0.39 is 0 Å². The number of rotatable bonds is 2. The van der Waals surface area contributed by atoms with Crippen LogP contribution in [0.5, 0.6) is 0 Å². The van der Waals surface area contributed by atoms with Gasteiger partial charge in [-0.05, 0) is 47.0 Å². The van der Waals surface area contributed by atoms with Crippen LogP contribution in [0.1, 0.15) is 44.5 Å². The van der Waals surface area contributed by atoms with Gasteiger partial charge in [-0.3, -0.25) is 9.48 Å². The van der Waals surface area contributed by atoms with Crippen molar-refractivity contribution in [2.75, 3.05) is 5.73 Å². The summed E-state index contributed by atoms with van der Waals surface area (Å²) in [5.41, 5.74) is 8.27. The fraction of sp³-hybridized carbons (Fsp3) is 0.714. The number of hydrogen-bond acceptors (Lipinski definition) is 3. The van der Waals surface area contributed by atoms with Crippen molar-refractivity contribution in [3.05, 3.63) is 11.4 Å². The average molecular weight is 264 g/mol. The standard InChI is InChI=1S/C14H24N4O/c1-9-6-5-7-10(2)18(9)13(19)8-17-12(4)14(15)11(3)16-17/h9-10H,5-8,15H2,1-4H3. The molecule has 0 radical (unpaired) electrons. The average Bonchev–Trinajstić information content (AvgIpc) is 2.57. The molecule has 0 spiro atoms. The fourth-order valence-electron chi connectivity index (χ4n) is 2.99. The first-order valence-corrected chi connectivity index (χ1v) is 7.02. The minimum atomic E-state index is 0.144. The summed E-state index contributed by atoms with van der Waals surface area (Å²) in [6.45, 7) is 8.33. The van der Waals surface area contributed by atoms with E-state index in [0.717, 1.165) is 24.2 Å². The zero-order valence-electron chi connectivity index (χ0n) is 12.3. The molecule has 1 amide bonds. The van der Waals surface area contributed by atoms with Crippen LogP contribution >= 0.6 is 0 Å². The lowest BCUT2D eigenvalue weighted by Crippen LogP contribution is -2.48. The van der Waals surface area contributed by atoms with Gasteiger partial charge in [-0.25, -0.2) is 0 Å². The van der Waals surface area contributed by atoms with Crippen LogP contribution < -0.4 is 5.73 Å². The number of anilines is 1. The molecule has 1 saturated heterocycles. The van der Waals surface area contributed by atoms with Crippen molar-refractivity contribution in [2.24, 2.45) is 0 Å². The van der Waals surface area contributed by atoms with Crippen molar-refractivity contribution in [3.8, 4) is 0 Å². The molecule has 1 aliphatic heterocycles. The Labute approximate surface area is 114 Å². The maximum atomic E-state index is 12.5. The summed E-state index contributed by atoms with van der Waals surface area (Å²) in [6, 6.07) is 0.649. The van der Waals surface area contributed by atoms with Gasteiger partial charge in [-0.2, -0.15) is 5.10 Å². The van der Waals surface area contributed by atoms with Crippen LogP contribution in [0.15, 0.2) is 0 Å². The van der Waals surface area contributed by atoms with E-state index in [4.69, 9.17) is 5.73 Å². The predicted octanol–water partition coefficient (Wildman–Crippen LogP) is 1.87. The molecule has 0 aromatic carbocycles. The van der Waals surface area contributed by atoms with Gasteiger partial charge in [0, 0.05) is 12.1 Å². The highest BCUT2D eigenvalue weighted by Gasteiger charge is 2.29. The molecule has 0 aliphatic carbocycles. The zero-order chi connectivity index (χ0) is 14.2. The Morgan fingerprint density at radius 1 is 1.32 bits per heavy atom. The number of amides is 1. The minimum Gasteiger partial charge on any atom is -0.396 e. The summed E-state index contributed by atoms with van der Waals surface area (Å²) in [6.07, 6.45) is 3.39. The fourth-order valence-corrected chi connectivity index (χ4v) is 2.99. The SMILES string of the molecule is Cc1nn(CC(=O)N2C(C)CCCC2C)c(C)c1N. The smallest absolute Gasteiger partial charge is 0.244 e. The van der Waals surface area contributed by atoms with E-state index in [9.17, 15) is 4.79 Å². The third-order valence-electron chi connectivity index (χ3n) is 4.20. The van der Waals surface area contributed by atoms with Crippen molar-refractivity contribution in [1.29, 1.82) is 0 Å². The number of aromatic nitrogens is 2. The van der Waals surface area contributed by atoms with Gasteiger partial charge in [-0.1, -0.05) is 0 Å². The van der Waals surface area contributed by atoms with E-state index in [1.54, 1.807) is 4.68 Å². The second kappa shape index (κ2) is 5.23. The largest absolute Gasteiger partial charge is 0.396 e. The summed E-state index contributed by atoms with van der Waals surface area (Å²) in [5.74, 6) is 0.144. The predicted molar refractivity (Wildman–Crippen MR) is 75.7 cm³/mol. The van der Waals surface area contributed by atoms with E-state index in [2.05, 4.69) is 18.9 Å².